The summed E-state index contributed by atoms with van der Waals surface area (Å²) >= 11 is 0. The minimum absolute atomic E-state index is 1.23. The van der Waals surface area contributed by atoms with Crippen molar-refractivity contribution < 1.29 is 15.4 Å². The second-order valence-corrected chi connectivity index (χ2v) is 1.63. The fourth-order valence-corrected chi connectivity index (χ4v) is 0.370. The SMILES string of the molecule is [2H]C1([2H])C(C(N)C(=O)O)C1([2H])[2H]. The maximum Gasteiger partial charge on any atom is 0.320 e. The lowest BCUT2D eigenvalue weighted by Crippen LogP contribution is -2.31. The summed E-state index contributed by atoms with van der Waals surface area (Å²) in [7, 11) is 0. The number of rotatable bonds is 2. The van der Waals surface area contributed by atoms with Crippen LogP contribution in [0.2, 0.25) is 0 Å². The van der Waals surface area contributed by atoms with Crippen LogP contribution in [0.3, 0.4) is 0 Å². The van der Waals surface area contributed by atoms with Crippen LogP contribution in [0.4, 0.5) is 0 Å². The van der Waals surface area contributed by atoms with E-state index in [-0.39, 0.29) is 0 Å². The predicted molar refractivity (Wildman–Crippen MR) is 28.3 cm³/mol. The van der Waals surface area contributed by atoms with Crippen molar-refractivity contribution in [3.8, 4) is 0 Å². The summed E-state index contributed by atoms with van der Waals surface area (Å²) in [5, 5.41) is 8.40. The molecule has 0 amide bonds. The Morgan fingerprint density at radius 2 is 2.50 bits per heavy atom. The number of aliphatic carboxylic acids is 1. The highest BCUT2D eigenvalue weighted by atomic mass is 16.4. The molecule has 1 fully saturated rings. The number of hydrogen-bond donors (Lipinski definition) is 2. The quantitative estimate of drug-likeness (QED) is 0.529. The lowest BCUT2D eigenvalue weighted by Gasteiger charge is -1.99. The Morgan fingerprint density at radius 3 is 2.62 bits per heavy atom. The first-order valence-electron chi connectivity index (χ1n) is 4.21. The van der Waals surface area contributed by atoms with Crippen molar-refractivity contribution in [2.45, 2.75) is 18.8 Å². The lowest BCUT2D eigenvalue weighted by atomic mass is 10.2. The summed E-state index contributed by atoms with van der Waals surface area (Å²) in [5.41, 5.74) is 5.09. The molecule has 1 atom stereocenters. The van der Waals surface area contributed by atoms with Crippen molar-refractivity contribution in [3.63, 3.8) is 0 Å². The number of carboxylic acid groups (broad SMARTS) is 1. The second kappa shape index (κ2) is 1.74. The van der Waals surface area contributed by atoms with Gasteiger partial charge in [-0.15, -0.1) is 0 Å². The first kappa shape index (κ1) is 2.35. The Labute approximate surface area is 53.1 Å². The molecule has 46 valence electrons. The van der Waals surface area contributed by atoms with E-state index in [1.54, 1.807) is 0 Å². The van der Waals surface area contributed by atoms with Crippen LogP contribution in [0.5, 0.6) is 0 Å². The van der Waals surface area contributed by atoms with E-state index in [0.29, 0.717) is 0 Å². The molecule has 1 rings (SSSR count). The van der Waals surface area contributed by atoms with E-state index < -0.39 is 30.7 Å². The predicted octanol–water partition coefficient (Wildman–Crippen LogP) is -0.192. The number of carbonyl (C=O) groups is 1. The minimum Gasteiger partial charge on any atom is -0.480 e. The Bertz CT molecular complexity index is 215. The molecule has 3 heteroatoms. The molecule has 0 heterocycles. The molecule has 0 saturated heterocycles. The van der Waals surface area contributed by atoms with Gasteiger partial charge >= 0.3 is 5.97 Å². The normalized spacial score (nSPS) is 42.6. The van der Waals surface area contributed by atoms with Crippen molar-refractivity contribution in [2.24, 2.45) is 11.7 Å². The standard InChI is InChI=1S/C5H9NO2/c6-4(5(7)8)3-1-2-3/h3-4H,1-2,6H2,(H,7,8)/i1D2,2D2. The van der Waals surface area contributed by atoms with Gasteiger partial charge in [0.1, 0.15) is 6.04 Å². The molecular formula is C5H9NO2. The third kappa shape index (κ3) is 0.980. The summed E-state index contributed by atoms with van der Waals surface area (Å²) in [6.07, 6.45) is -4.21. The van der Waals surface area contributed by atoms with E-state index in [1.165, 1.54) is 0 Å². The van der Waals surface area contributed by atoms with Gasteiger partial charge in [-0.2, -0.15) is 0 Å². The summed E-state index contributed by atoms with van der Waals surface area (Å²) in [6.45, 7) is 0. The zero-order chi connectivity index (χ0) is 9.73. The van der Waals surface area contributed by atoms with Crippen LogP contribution in [0.15, 0.2) is 0 Å². The molecule has 0 radical (unpaired) electrons. The molecule has 1 aliphatic rings. The molecule has 1 unspecified atom stereocenters. The maximum atomic E-state index is 10.3. The fourth-order valence-electron chi connectivity index (χ4n) is 0.370. The van der Waals surface area contributed by atoms with Crippen molar-refractivity contribution in [1.82, 2.24) is 0 Å². The van der Waals surface area contributed by atoms with Gasteiger partial charge in [-0.3, -0.25) is 4.79 Å². The highest BCUT2D eigenvalue weighted by molar-refractivity contribution is 5.73. The summed E-state index contributed by atoms with van der Waals surface area (Å²) in [6, 6.07) is -1.46. The molecule has 0 aromatic rings. The fraction of sp³-hybridized carbons (Fsp3) is 0.800. The van der Waals surface area contributed by atoms with Gasteiger partial charge in [0.05, 0.1) is 0 Å². The molecule has 1 saturated carbocycles. The van der Waals surface area contributed by atoms with Gasteiger partial charge < -0.3 is 10.8 Å². The van der Waals surface area contributed by atoms with Crippen LogP contribution in [-0.4, -0.2) is 17.1 Å². The average Bonchev–Trinajstić information content (AvgIpc) is 2.23. The Kier molecular flexibility index (Phi) is 0.512. The van der Waals surface area contributed by atoms with E-state index in [0.717, 1.165) is 0 Å². The van der Waals surface area contributed by atoms with Crippen LogP contribution in [-0.2, 0) is 4.79 Å². The first-order chi connectivity index (χ1) is 5.23. The van der Waals surface area contributed by atoms with Crippen molar-refractivity contribution in [1.29, 1.82) is 0 Å². The molecule has 0 spiro atoms. The molecule has 1 aliphatic carbocycles. The van der Waals surface area contributed by atoms with Crippen LogP contribution in [0.25, 0.3) is 0 Å². The molecule has 8 heavy (non-hydrogen) atoms. The molecule has 0 aromatic carbocycles. The third-order valence-electron chi connectivity index (χ3n) is 0.955. The zero-order valence-electron chi connectivity index (χ0n) is 8.09. The van der Waals surface area contributed by atoms with Gasteiger partial charge in [-0.1, -0.05) is 0 Å². The van der Waals surface area contributed by atoms with Crippen LogP contribution < -0.4 is 5.73 Å². The second-order valence-electron chi connectivity index (χ2n) is 1.63. The summed E-state index contributed by atoms with van der Waals surface area (Å²) in [5.74, 6) is -2.60. The minimum atomic E-state index is -2.11. The van der Waals surface area contributed by atoms with E-state index in [9.17, 15) is 4.79 Å². The number of nitrogens with two attached hydrogens (primary N) is 1. The highest BCUT2D eigenvalue weighted by Gasteiger charge is 2.32. The highest BCUT2D eigenvalue weighted by Crippen LogP contribution is 2.31. The summed E-state index contributed by atoms with van der Waals surface area (Å²) in [4.78, 5) is 10.3. The molecular weight excluding hydrogens is 106 g/mol. The smallest absolute Gasteiger partial charge is 0.320 e. The van der Waals surface area contributed by atoms with Gasteiger partial charge in [0, 0.05) is 5.48 Å². The van der Waals surface area contributed by atoms with Crippen LogP contribution >= 0.6 is 0 Å². The van der Waals surface area contributed by atoms with E-state index in [2.05, 4.69) is 0 Å². The maximum absolute atomic E-state index is 10.3. The number of hydrogen-bond acceptors (Lipinski definition) is 2. The first-order valence-corrected chi connectivity index (χ1v) is 2.21. The van der Waals surface area contributed by atoms with Gasteiger partial charge in [0.15, 0.2) is 0 Å². The lowest BCUT2D eigenvalue weighted by molar-refractivity contribution is -0.139. The van der Waals surface area contributed by atoms with Gasteiger partial charge in [0.2, 0.25) is 0 Å². The molecule has 3 nitrogen and oxygen atoms in total. The Morgan fingerprint density at radius 1 is 2.00 bits per heavy atom. The average molecular weight is 119 g/mol. The number of carboxylic acids is 1. The summed E-state index contributed by atoms with van der Waals surface area (Å²) < 4.78 is 28.3. The van der Waals surface area contributed by atoms with Crippen LogP contribution in [0, 0.1) is 5.92 Å². The largest absolute Gasteiger partial charge is 0.480 e. The Balaban J connectivity index is 2.77. The monoisotopic (exact) mass is 119 g/mol. The molecule has 0 aliphatic heterocycles. The third-order valence-corrected chi connectivity index (χ3v) is 0.955. The zero-order valence-corrected chi connectivity index (χ0v) is 4.09. The Hall–Kier alpha value is -0.570. The van der Waals surface area contributed by atoms with E-state index in [1.807, 2.05) is 0 Å². The molecule has 0 aromatic heterocycles. The van der Waals surface area contributed by atoms with Gasteiger partial charge in [-0.25, -0.2) is 0 Å². The van der Waals surface area contributed by atoms with E-state index >= 15 is 0 Å². The van der Waals surface area contributed by atoms with Crippen molar-refractivity contribution in [3.05, 3.63) is 0 Å². The van der Waals surface area contributed by atoms with Crippen molar-refractivity contribution >= 4 is 5.97 Å². The molecule has 3 N–H and O–H groups in total. The van der Waals surface area contributed by atoms with Gasteiger partial charge in [-0.05, 0) is 18.7 Å². The van der Waals surface area contributed by atoms with Crippen LogP contribution in [0.1, 0.15) is 18.2 Å². The van der Waals surface area contributed by atoms with E-state index in [4.69, 9.17) is 16.3 Å². The topological polar surface area (TPSA) is 63.3 Å². The van der Waals surface area contributed by atoms with Crippen molar-refractivity contribution in [2.75, 3.05) is 0 Å². The van der Waals surface area contributed by atoms with Gasteiger partial charge in [0.25, 0.3) is 0 Å². The molecule has 0 bridgehead atoms.